The van der Waals surface area contributed by atoms with Gasteiger partial charge >= 0.3 is 0 Å². The molecule has 21 heavy (non-hydrogen) atoms. The third kappa shape index (κ3) is 2.80. The summed E-state index contributed by atoms with van der Waals surface area (Å²) in [7, 11) is 0. The van der Waals surface area contributed by atoms with Gasteiger partial charge in [-0.15, -0.1) is 5.10 Å². The zero-order valence-corrected chi connectivity index (χ0v) is 12.9. The van der Waals surface area contributed by atoms with E-state index in [0.29, 0.717) is 6.04 Å². The van der Waals surface area contributed by atoms with Crippen LogP contribution in [0.2, 0.25) is 0 Å². The lowest BCUT2D eigenvalue weighted by atomic mass is 9.92. The van der Waals surface area contributed by atoms with Gasteiger partial charge in [0.1, 0.15) is 5.82 Å². The normalized spacial score (nSPS) is 30.0. The molecule has 1 aromatic rings. The van der Waals surface area contributed by atoms with Gasteiger partial charge in [0.25, 0.3) is 0 Å². The van der Waals surface area contributed by atoms with Crippen molar-refractivity contribution in [2.45, 2.75) is 57.4 Å². The van der Waals surface area contributed by atoms with Gasteiger partial charge in [-0.25, -0.2) is 0 Å². The molecule has 0 aromatic carbocycles. The molecule has 3 aliphatic rings. The van der Waals surface area contributed by atoms with Crippen LogP contribution < -0.4 is 10.2 Å². The molecule has 5 heteroatoms. The topological polar surface area (TPSA) is 56.8 Å². The van der Waals surface area contributed by atoms with Crippen LogP contribution >= 0.6 is 0 Å². The van der Waals surface area contributed by atoms with Crippen molar-refractivity contribution in [2.24, 2.45) is 11.8 Å². The van der Waals surface area contributed by atoms with Crippen LogP contribution in [-0.4, -0.2) is 40.9 Å². The van der Waals surface area contributed by atoms with Crippen molar-refractivity contribution in [1.82, 2.24) is 20.5 Å². The monoisotopic (exact) mass is 289 g/mol. The smallest absolute Gasteiger partial charge is 0.245 e. The second-order valence-electron chi connectivity index (χ2n) is 7.09. The van der Waals surface area contributed by atoms with Crippen molar-refractivity contribution in [2.75, 3.05) is 24.5 Å². The quantitative estimate of drug-likeness (QED) is 0.891. The molecule has 2 N–H and O–H groups in total. The van der Waals surface area contributed by atoms with E-state index in [-0.39, 0.29) is 0 Å². The van der Waals surface area contributed by atoms with Crippen LogP contribution in [0.1, 0.15) is 50.8 Å². The average Bonchev–Trinajstić information content (AvgIpc) is 3.25. The molecule has 0 bridgehead atoms. The fraction of sp³-hybridized carbons (Fsp3) is 0.875. The van der Waals surface area contributed by atoms with Crippen LogP contribution in [0, 0.1) is 11.8 Å². The van der Waals surface area contributed by atoms with Crippen molar-refractivity contribution in [1.29, 1.82) is 0 Å². The Morgan fingerprint density at radius 2 is 2.00 bits per heavy atom. The van der Waals surface area contributed by atoms with Crippen molar-refractivity contribution in [3.05, 3.63) is 5.82 Å². The maximum Gasteiger partial charge on any atom is 0.245 e. The molecule has 2 unspecified atom stereocenters. The van der Waals surface area contributed by atoms with E-state index in [1.54, 1.807) is 0 Å². The van der Waals surface area contributed by atoms with E-state index in [9.17, 15) is 0 Å². The molecule has 2 aliphatic heterocycles. The Bertz CT molecular complexity index is 465. The van der Waals surface area contributed by atoms with Gasteiger partial charge in [-0.2, -0.15) is 4.98 Å². The van der Waals surface area contributed by atoms with Gasteiger partial charge in [0.05, 0.1) is 0 Å². The number of rotatable bonds is 4. The van der Waals surface area contributed by atoms with Crippen molar-refractivity contribution in [3.63, 3.8) is 0 Å². The molecule has 116 valence electrons. The lowest BCUT2D eigenvalue weighted by Gasteiger charge is -2.36. The molecule has 0 amide bonds. The Morgan fingerprint density at radius 1 is 1.10 bits per heavy atom. The first-order chi connectivity index (χ1) is 10.4. The number of aromatic amines is 1. The Balaban J connectivity index is 1.39. The molecule has 2 atom stereocenters. The van der Waals surface area contributed by atoms with Crippen molar-refractivity contribution in [3.8, 4) is 0 Å². The standard InChI is InChI=1S/C16H27N5/c1-2-5-12(4-1)7-8-15-18-16(20-19-15)21-9-3-6-13-10-17-11-14(13)21/h12-14,17H,1-11H2,(H,18,19,20). The Morgan fingerprint density at radius 3 is 2.90 bits per heavy atom. The van der Waals surface area contributed by atoms with E-state index in [4.69, 9.17) is 4.98 Å². The number of nitrogens with one attached hydrogen (secondary N) is 2. The molecule has 3 fully saturated rings. The zero-order chi connectivity index (χ0) is 14.1. The second kappa shape index (κ2) is 5.95. The molecular formula is C16H27N5. The van der Waals surface area contributed by atoms with Crippen LogP contribution in [0.25, 0.3) is 0 Å². The Hall–Kier alpha value is -1.10. The minimum Gasteiger partial charge on any atom is -0.335 e. The summed E-state index contributed by atoms with van der Waals surface area (Å²) in [5, 5.41) is 11.2. The largest absolute Gasteiger partial charge is 0.335 e. The van der Waals surface area contributed by atoms with Crippen LogP contribution in [0.5, 0.6) is 0 Å². The summed E-state index contributed by atoms with van der Waals surface area (Å²) >= 11 is 0. The van der Waals surface area contributed by atoms with Crippen LogP contribution in [0.4, 0.5) is 5.95 Å². The Labute approximate surface area is 126 Å². The molecule has 0 radical (unpaired) electrons. The SMILES string of the molecule is C1CCC(CCc2nc(N3CCCC4CNCC43)n[nH]2)C1. The highest BCUT2D eigenvalue weighted by Crippen LogP contribution is 2.30. The van der Waals surface area contributed by atoms with Gasteiger partial charge in [0, 0.05) is 32.1 Å². The first-order valence-electron chi connectivity index (χ1n) is 8.79. The highest BCUT2D eigenvalue weighted by molar-refractivity contribution is 5.33. The third-order valence-electron chi connectivity index (χ3n) is 5.72. The fourth-order valence-electron chi connectivity index (χ4n) is 4.48. The van der Waals surface area contributed by atoms with E-state index in [0.717, 1.165) is 43.1 Å². The first kappa shape index (κ1) is 13.6. The van der Waals surface area contributed by atoms with Crippen LogP contribution in [0.15, 0.2) is 0 Å². The molecule has 1 aromatic heterocycles. The van der Waals surface area contributed by atoms with Gasteiger partial charge in [0.15, 0.2) is 0 Å². The number of piperidine rings is 1. The number of aromatic nitrogens is 3. The summed E-state index contributed by atoms with van der Waals surface area (Å²) in [6.07, 6.45) is 10.7. The van der Waals surface area contributed by atoms with Crippen molar-refractivity contribution < 1.29 is 0 Å². The summed E-state index contributed by atoms with van der Waals surface area (Å²) in [5.74, 6) is 3.75. The highest BCUT2D eigenvalue weighted by Gasteiger charge is 2.36. The van der Waals surface area contributed by atoms with Gasteiger partial charge < -0.3 is 10.2 Å². The van der Waals surface area contributed by atoms with E-state index < -0.39 is 0 Å². The average molecular weight is 289 g/mol. The molecule has 1 aliphatic carbocycles. The number of aryl methyl sites for hydroxylation is 1. The zero-order valence-electron chi connectivity index (χ0n) is 12.9. The lowest BCUT2D eigenvalue weighted by molar-refractivity contribution is 0.381. The van der Waals surface area contributed by atoms with E-state index in [2.05, 4.69) is 20.4 Å². The minimum absolute atomic E-state index is 0.609. The van der Waals surface area contributed by atoms with Gasteiger partial charge in [-0.1, -0.05) is 25.7 Å². The number of fused-ring (bicyclic) bond motifs is 1. The number of hydrogen-bond donors (Lipinski definition) is 2. The summed E-state index contributed by atoms with van der Waals surface area (Å²) in [5.41, 5.74) is 0. The van der Waals surface area contributed by atoms with E-state index in [1.807, 2.05) is 0 Å². The van der Waals surface area contributed by atoms with Gasteiger partial charge in [0.2, 0.25) is 5.95 Å². The molecule has 3 heterocycles. The third-order valence-corrected chi connectivity index (χ3v) is 5.72. The highest BCUT2D eigenvalue weighted by atomic mass is 15.4. The predicted octanol–water partition coefficient (Wildman–Crippen LogP) is 2.12. The summed E-state index contributed by atoms with van der Waals surface area (Å²) in [6, 6.07) is 0.609. The van der Waals surface area contributed by atoms with Crippen LogP contribution in [-0.2, 0) is 6.42 Å². The summed E-state index contributed by atoms with van der Waals surface area (Å²) in [4.78, 5) is 7.22. The summed E-state index contributed by atoms with van der Waals surface area (Å²) in [6.45, 7) is 3.37. The number of hydrogen-bond acceptors (Lipinski definition) is 4. The van der Waals surface area contributed by atoms with Crippen LogP contribution in [0.3, 0.4) is 0 Å². The van der Waals surface area contributed by atoms with Gasteiger partial charge in [-0.3, -0.25) is 5.10 Å². The molecule has 4 rings (SSSR count). The number of H-pyrrole nitrogens is 1. The van der Waals surface area contributed by atoms with E-state index in [1.165, 1.54) is 51.5 Å². The lowest BCUT2D eigenvalue weighted by Crippen LogP contribution is -2.45. The second-order valence-corrected chi connectivity index (χ2v) is 7.09. The first-order valence-corrected chi connectivity index (χ1v) is 8.79. The molecular weight excluding hydrogens is 262 g/mol. The molecule has 1 saturated carbocycles. The number of anilines is 1. The Kier molecular flexibility index (Phi) is 3.84. The predicted molar refractivity (Wildman–Crippen MR) is 83.4 cm³/mol. The minimum atomic E-state index is 0.609. The molecule has 0 spiro atoms. The maximum atomic E-state index is 4.79. The van der Waals surface area contributed by atoms with E-state index >= 15 is 0 Å². The van der Waals surface area contributed by atoms with Gasteiger partial charge in [-0.05, 0) is 31.1 Å². The maximum absolute atomic E-state index is 4.79. The number of nitrogens with zero attached hydrogens (tertiary/aromatic N) is 3. The van der Waals surface area contributed by atoms with Crippen molar-refractivity contribution >= 4 is 5.95 Å². The summed E-state index contributed by atoms with van der Waals surface area (Å²) < 4.78 is 0. The fourth-order valence-corrected chi connectivity index (χ4v) is 4.48. The molecule has 2 saturated heterocycles. The molecule has 5 nitrogen and oxygen atoms in total.